The number of rotatable bonds is 10. The summed E-state index contributed by atoms with van der Waals surface area (Å²) in [6.45, 7) is 4.89. The zero-order valence-electron chi connectivity index (χ0n) is 12.8. The van der Waals surface area contributed by atoms with Crippen LogP contribution in [0.1, 0.15) is 51.4 Å². The summed E-state index contributed by atoms with van der Waals surface area (Å²) >= 11 is 3.44. The molecule has 0 heterocycles. The van der Waals surface area contributed by atoms with Gasteiger partial charge in [-0.2, -0.15) is 0 Å². The van der Waals surface area contributed by atoms with Crippen LogP contribution in [-0.4, -0.2) is 46.7 Å². The molecule has 0 atom stereocenters. The van der Waals surface area contributed by atoms with Crippen molar-refractivity contribution in [3.63, 3.8) is 0 Å². The predicted octanol–water partition coefficient (Wildman–Crippen LogP) is 4.44. The highest BCUT2D eigenvalue weighted by molar-refractivity contribution is 9.09. The van der Waals surface area contributed by atoms with E-state index in [2.05, 4.69) is 22.5 Å². The number of amides is 1. The van der Waals surface area contributed by atoms with Crippen LogP contribution in [0.5, 0.6) is 0 Å². The van der Waals surface area contributed by atoms with Gasteiger partial charge in [-0.25, -0.2) is 4.79 Å². The van der Waals surface area contributed by atoms with Gasteiger partial charge < -0.3 is 14.7 Å². The van der Waals surface area contributed by atoms with Gasteiger partial charge in [-0.15, -0.1) is 6.58 Å². The van der Waals surface area contributed by atoms with Gasteiger partial charge in [-0.3, -0.25) is 0 Å². The Bertz CT molecular complexity index is 304. The molecule has 0 spiro atoms. The van der Waals surface area contributed by atoms with Gasteiger partial charge in [0.1, 0.15) is 0 Å². The standard InChI is InChI=1S/C16H28BrNO3/c1-2-12-18(16(19)20)14-7-9-15(10-8-14)21-13-6-4-3-5-11-17/h2,14-15H,1,3-13H2,(H,19,20). The molecule has 1 fully saturated rings. The van der Waals surface area contributed by atoms with Crippen molar-refractivity contribution < 1.29 is 14.6 Å². The van der Waals surface area contributed by atoms with Crippen molar-refractivity contribution in [2.45, 2.75) is 63.5 Å². The summed E-state index contributed by atoms with van der Waals surface area (Å²) in [6, 6.07) is 0.124. The third-order valence-electron chi connectivity index (χ3n) is 4.04. The van der Waals surface area contributed by atoms with Crippen molar-refractivity contribution in [2.75, 3.05) is 18.5 Å². The average molecular weight is 362 g/mol. The molecule has 1 rings (SSSR count). The number of unbranched alkanes of at least 4 members (excludes halogenated alkanes) is 3. The molecule has 0 unspecified atom stereocenters. The molecule has 4 nitrogen and oxygen atoms in total. The van der Waals surface area contributed by atoms with Gasteiger partial charge in [-0.1, -0.05) is 34.8 Å². The largest absolute Gasteiger partial charge is 0.465 e. The van der Waals surface area contributed by atoms with E-state index in [0.717, 1.165) is 44.0 Å². The summed E-state index contributed by atoms with van der Waals surface area (Å²) in [5, 5.41) is 10.3. The van der Waals surface area contributed by atoms with E-state index in [9.17, 15) is 9.90 Å². The van der Waals surface area contributed by atoms with E-state index < -0.39 is 6.09 Å². The van der Waals surface area contributed by atoms with Crippen LogP contribution in [0.3, 0.4) is 0 Å². The normalized spacial score (nSPS) is 22.0. The minimum absolute atomic E-state index is 0.124. The first kappa shape index (κ1) is 18.5. The number of hydrogen-bond acceptors (Lipinski definition) is 2. The fourth-order valence-corrected chi connectivity index (χ4v) is 3.24. The van der Waals surface area contributed by atoms with Gasteiger partial charge in [0.05, 0.1) is 6.10 Å². The second-order valence-electron chi connectivity index (χ2n) is 5.63. The first-order valence-electron chi connectivity index (χ1n) is 7.97. The van der Waals surface area contributed by atoms with Crippen LogP contribution >= 0.6 is 15.9 Å². The van der Waals surface area contributed by atoms with Crippen molar-refractivity contribution in [1.82, 2.24) is 4.90 Å². The number of nitrogens with zero attached hydrogens (tertiary/aromatic N) is 1. The Kier molecular flexibility index (Phi) is 9.76. The van der Waals surface area contributed by atoms with Gasteiger partial charge >= 0.3 is 6.09 Å². The molecular weight excluding hydrogens is 334 g/mol. The van der Waals surface area contributed by atoms with Crippen LogP contribution in [0.15, 0.2) is 12.7 Å². The zero-order chi connectivity index (χ0) is 15.5. The molecule has 0 aromatic rings. The quantitative estimate of drug-likeness (QED) is 0.355. The first-order chi connectivity index (χ1) is 10.2. The Balaban J connectivity index is 2.16. The first-order valence-corrected chi connectivity index (χ1v) is 9.09. The Labute approximate surface area is 136 Å². The summed E-state index contributed by atoms with van der Waals surface area (Å²) in [5.41, 5.74) is 0. The summed E-state index contributed by atoms with van der Waals surface area (Å²) in [4.78, 5) is 12.7. The lowest BCUT2D eigenvalue weighted by atomic mass is 9.92. The van der Waals surface area contributed by atoms with Crippen molar-refractivity contribution >= 4 is 22.0 Å². The minimum Gasteiger partial charge on any atom is -0.465 e. The number of carbonyl (C=O) groups is 1. The number of alkyl halides is 1. The van der Waals surface area contributed by atoms with Crippen LogP contribution in [-0.2, 0) is 4.74 Å². The van der Waals surface area contributed by atoms with Crippen molar-refractivity contribution in [3.8, 4) is 0 Å². The van der Waals surface area contributed by atoms with E-state index in [4.69, 9.17) is 4.74 Å². The summed E-state index contributed by atoms with van der Waals surface area (Å²) in [6.07, 6.45) is 9.71. The van der Waals surface area contributed by atoms with E-state index in [-0.39, 0.29) is 6.04 Å². The molecule has 1 aliphatic rings. The Hall–Kier alpha value is -0.550. The maximum atomic E-state index is 11.2. The highest BCUT2D eigenvalue weighted by Gasteiger charge is 2.28. The second kappa shape index (κ2) is 11.1. The highest BCUT2D eigenvalue weighted by Crippen LogP contribution is 2.25. The molecule has 21 heavy (non-hydrogen) atoms. The highest BCUT2D eigenvalue weighted by atomic mass is 79.9. The molecule has 1 saturated carbocycles. The monoisotopic (exact) mass is 361 g/mol. The molecule has 1 N–H and O–H groups in total. The number of hydrogen-bond donors (Lipinski definition) is 1. The fraction of sp³-hybridized carbons (Fsp3) is 0.812. The zero-order valence-corrected chi connectivity index (χ0v) is 14.4. The molecule has 0 radical (unpaired) electrons. The SMILES string of the molecule is C=CCN(C(=O)O)C1CCC(OCCCCCCBr)CC1. The molecule has 1 amide bonds. The van der Waals surface area contributed by atoms with Gasteiger partial charge in [0, 0.05) is 24.5 Å². The van der Waals surface area contributed by atoms with E-state index in [1.807, 2.05) is 0 Å². The van der Waals surface area contributed by atoms with E-state index in [0.29, 0.717) is 12.6 Å². The van der Waals surface area contributed by atoms with E-state index in [1.54, 1.807) is 6.08 Å². The Morgan fingerprint density at radius 1 is 1.24 bits per heavy atom. The van der Waals surface area contributed by atoms with Crippen molar-refractivity contribution in [1.29, 1.82) is 0 Å². The fourth-order valence-electron chi connectivity index (χ4n) is 2.85. The van der Waals surface area contributed by atoms with Crippen molar-refractivity contribution in [3.05, 3.63) is 12.7 Å². The van der Waals surface area contributed by atoms with Gasteiger partial charge in [0.15, 0.2) is 0 Å². The van der Waals surface area contributed by atoms with E-state index in [1.165, 1.54) is 24.2 Å². The topological polar surface area (TPSA) is 49.8 Å². The lowest BCUT2D eigenvalue weighted by Gasteiger charge is -2.34. The Morgan fingerprint density at radius 3 is 2.48 bits per heavy atom. The average Bonchev–Trinajstić information content (AvgIpc) is 2.49. The maximum Gasteiger partial charge on any atom is 0.407 e. The second-order valence-corrected chi connectivity index (χ2v) is 6.42. The molecule has 0 aliphatic heterocycles. The molecule has 0 saturated heterocycles. The summed E-state index contributed by atoms with van der Waals surface area (Å²) in [5.74, 6) is 0. The van der Waals surface area contributed by atoms with Crippen LogP contribution in [0.25, 0.3) is 0 Å². The molecule has 0 aromatic heterocycles. The van der Waals surface area contributed by atoms with Gasteiger partial charge in [0.25, 0.3) is 0 Å². The lowest BCUT2D eigenvalue weighted by molar-refractivity contribution is 0.00841. The van der Waals surface area contributed by atoms with Crippen LogP contribution in [0.4, 0.5) is 4.79 Å². The van der Waals surface area contributed by atoms with Crippen molar-refractivity contribution in [2.24, 2.45) is 0 Å². The van der Waals surface area contributed by atoms with Crippen LogP contribution in [0.2, 0.25) is 0 Å². The molecular formula is C16H28BrNO3. The molecule has 0 aromatic carbocycles. The third kappa shape index (κ3) is 7.32. The minimum atomic E-state index is -0.842. The predicted molar refractivity (Wildman–Crippen MR) is 89.2 cm³/mol. The number of ether oxygens (including phenoxy) is 1. The smallest absolute Gasteiger partial charge is 0.407 e. The van der Waals surface area contributed by atoms with E-state index >= 15 is 0 Å². The van der Waals surface area contributed by atoms with Crippen LogP contribution in [0, 0.1) is 0 Å². The lowest BCUT2D eigenvalue weighted by Crippen LogP contribution is -2.42. The summed E-state index contributed by atoms with van der Waals surface area (Å²) < 4.78 is 5.91. The van der Waals surface area contributed by atoms with Gasteiger partial charge in [0.2, 0.25) is 0 Å². The van der Waals surface area contributed by atoms with Crippen LogP contribution < -0.4 is 0 Å². The third-order valence-corrected chi connectivity index (χ3v) is 4.60. The molecule has 1 aliphatic carbocycles. The molecule has 122 valence electrons. The number of carboxylic acid groups (broad SMARTS) is 1. The molecule has 0 bridgehead atoms. The molecule has 5 heteroatoms. The maximum absolute atomic E-state index is 11.2. The Morgan fingerprint density at radius 2 is 1.90 bits per heavy atom. The summed E-state index contributed by atoms with van der Waals surface area (Å²) in [7, 11) is 0. The van der Waals surface area contributed by atoms with Gasteiger partial charge in [-0.05, 0) is 38.5 Å². The number of halogens is 1.